The minimum absolute atomic E-state index is 0.608. The zero-order valence-corrected chi connectivity index (χ0v) is 9.22. The van der Waals surface area contributed by atoms with Crippen molar-refractivity contribution < 1.29 is 0 Å². The average Bonchev–Trinajstić information content (AvgIpc) is 2.19. The molecule has 0 aromatic heterocycles. The molecule has 0 bridgehead atoms. The molecule has 0 spiro atoms. The summed E-state index contributed by atoms with van der Waals surface area (Å²) >= 11 is 0. The molecule has 0 saturated heterocycles. The topological polar surface area (TPSA) is 0 Å². The highest BCUT2D eigenvalue weighted by atomic mass is 14.1. The third-order valence-corrected chi connectivity index (χ3v) is 2.77. The highest BCUT2D eigenvalue weighted by Crippen LogP contribution is 2.25. The SMILES string of the molecule is CCCC1=C(C)C(C)C=C(C)C=C1. The van der Waals surface area contributed by atoms with Crippen LogP contribution in [0.2, 0.25) is 0 Å². The van der Waals surface area contributed by atoms with E-state index in [0.29, 0.717) is 5.92 Å². The Kier molecular flexibility index (Phi) is 3.53. The predicted molar refractivity (Wildman–Crippen MR) is 59.7 cm³/mol. The van der Waals surface area contributed by atoms with Crippen molar-refractivity contribution in [3.05, 3.63) is 34.9 Å². The standard InChI is InChI=1S/C13H20/c1-5-6-13-8-7-10(2)9-11(3)12(13)4/h7-9,11H,5-6H2,1-4H3. The molecule has 1 aliphatic rings. The van der Waals surface area contributed by atoms with Crippen LogP contribution >= 0.6 is 0 Å². The van der Waals surface area contributed by atoms with Gasteiger partial charge in [-0.3, -0.25) is 0 Å². The van der Waals surface area contributed by atoms with Gasteiger partial charge in [-0.15, -0.1) is 0 Å². The molecule has 0 aliphatic heterocycles. The summed E-state index contributed by atoms with van der Waals surface area (Å²) in [5, 5.41) is 0. The smallest absolute Gasteiger partial charge is 0.00429 e. The van der Waals surface area contributed by atoms with Crippen LogP contribution in [0.25, 0.3) is 0 Å². The van der Waals surface area contributed by atoms with Gasteiger partial charge in [0.1, 0.15) is 0 Å². The highest BCUT2D eigenvalue weighted by Gasteiger charge is 2.08. The van der Waals surface area contributed by atoms with Crippen LogP contribution in [0.5, 0.6) is 0 Å². The minimum atomic E-state index is 0.608. The molecule has 13 heavy (non-hydrogen) atoms. The third kappa shape index (κ3) is 2.58. The quantitative estimate of drug-likeness (QED) is 0.590. The molecule has 0 nitrogen and oxygen atoms in total. The Hall–Kier alpha value is -0.780. The fourth-order valence-corrected chi connectivity index (χ4v) is 1.78. The van der Waals surface area contributed by atoms with Crippen LogP contribution in [0.3, 0.4) is 0 Å². The van der Waals surface area contributed by atoms with E-state index >= 15 is 0 Å². The molecule has 0 heterocycles. The Morgan fingerprint density at radius 2 is 1.92 bits per heavy atom. The van der Waals surface area contributed by atoms with E-state index in [4.69, 9.17) is 0 Å². The number of hydrogen-bond acceptors (Lipinski definition) is 0. The van der Waals surface area contributed by atoms with Crippen molar-refractivity contribution in [2.24, 2.45) is 5.92 Å². The molecule has 72 valence electrons. The van der Waals surface area contributed by atoms with E-state index in [1.807, 2.05) is 0 Å². The van der Waals surface area contributed by atoms with Crippen molar-refractivity contribution in [1.29, 1.82) is 0 Å². The van der Waals surface area contributed by atoms with Gasteiger partial charge in [-0.1, -0.05) is 49.6 Å². The molecule has 0 N–H and O–H groups in total. The van der Waals surface area contributed by atoms with E-state index < -0.39 is 0 Å². The van der Waals surface area contributed by atoms with E-state index in [1.54, 1.807) is 0 Å². The molecule has 0 saturated carbocycles. The molecular weight excluding hydrogens is 156 g/mol. The minimum Gasteiger partial charge on any atom is -0.0747 e. The maximum atomic E-state index is 2.34. The van der Waals surface area contributed by atoms with Gasteiger partial charge in [0.25, 0.3) is 0 Å². The van der Waals surface area contributed by atoms with E-state index in [1.165, 1.54) is 29.6 Å². The fraction of sp³-hybridized carbons (Fsp3) is 0.538. The van der Waals surface area contributed by atoms with Crippen LogP contribution in [0.4, 0.5) is 0 Å². The maximum Gasteiger partial charge on any atom is -0.00429 e. The molecule has 0 aromatic carbocycles. The predicted octanol–water partition coefficient (Wildman–Crippen LogP) is 4.26. The van der Waals surface area contributed by atoms with E-state index in [9.17, 15) is 0 Å². The highest BCUT2D eigenvalue weighted by molar-refractivity contribution is 5.36. The van der Waals surface area contributed by atoms with Gasteiger partial charge >= 0.3 is 0 Å². The molecule has 0 aromatic rings. The van der Waals surface area contributed by atoms with Crippen molar-refractivity contribution in [2.45, 2.75) is 40.5 Å². The molecule has 0 heteroatoms. The van der Waals surface area contributed by atoms with Crippen LogP contribution in [-0.2, 0) is 0 Å². The van der Waals surface area contributed by atoms with Crippen molar-refractivity contribution in [1.82, 2.24) is 0 Å². The fourth-order valence-electron chi connectivity index (χ4n) is 1.78. The molecule has 1 aliphatic carbocycles. The van der Waals surface area contributed by atoms with Crippen LogP contribution in [0, 0.1) is 5.92 Å². The van der Waals surface area contributed by atoms with Crippen molar-refractivity contribution in [2.75, 3.05) is 0 Å². The van der Waals surface area contributed by atoms with E-state index in [2.05, 4.69) is 45.9 Å². The zero-order chi connectivity index (χ0) is 9.84. The van der Waals surface area contributed by atoms with Gasteiger partial charge in [0, 0.05) is 0 Å². The summed E-state index contributed by atoms with van der Waals surface area (Å²) in [4.78, 5) is 0. The Morgan fingerprint density at radius 1 is 1.23 bits per heavy atom. The summed E-state index contributed by atoms with van der Waals surface area (Å²) in [5.41, 5.74) is 4.45. The second-order valence-corrected chi connectivity index (χ2v) is 3.99. The van der Waals surface area contributed by atoms with Crippen LogP contribution in [0.1, 0.15) is 40.5 Å². The second-order valence-electron chi connectivity index (χ2n) is 3.99. The zero-order valence-electron chi connectivity index (χ0n) is 9.22. The molecule has 0 fully saturated rings. The molecule has 1 unspecified atom stereocenters. The average molecular weight is 176 g/mol. The third-order valence-electron chi connectivity index (χ3n) is 2.77. The maximum absolute atomic E-state index is 2.34. The lowest BCUT2D eigenvalue weighted by molar-refractivity contribution is 0.817. The second kappa shape index (κ2) is 4.45. The Balaban J connectivity index is 2.93. The lowest BCUT2D eigenvalue weighted by atomic mass is 9.95. The largest absolute Gasteiger partial charge is 0.0747 e. The first-order valence-electron chi connectivity index (χ1n) is 5.21. The Morgan fingerprint density at radius 3 is 2.54 bits per heavy atom. The molecular formula is C13H20. The first-order chi connectivity index (χ1) is 6.15. The van der Waals surface area contributed by atoms with Crippen LogP contribution in [0.15, 0.2) is 34.9 Å². The summed E-state index contributed by atoms with van der Waals surface area (Å²) in [6.07, 6.45) is 9.32. The lowest BCUT2D eigenvalue weighted by Gasteiger charge is -2.10. The van der Waals surface area contributed by atoms with Gasteiger partial charge in [0.15, 0.2) is 0 Å². The first kappa shape index (κ1) is 10.3. The van der Waals surface area contributed by atoms with Crippen molar-refractivity contribution >= 4 is 0 Å². The first-order valence-corrected chi connectivity index (χ1v) is 5.21. The lowest BCUT2D eigenvalue weighted by Crippen LogP contribution is -1.95. The van der Waals surface area contributed by atoms with Gasteiger partial charge in [-0.2, -0.15) is 0 Å². The van der Waals surface area contributed by atoms with Gasteiger partial charge in [0.2, 0.25) is 0 Å². The van der Waals surface area contributed by atoms with Crippen LogP contribution < -0.4 is 0 Å². The van der Waals surface area contributed by atoms with E-state index in [0.717, 1.165) is 0 Å². The van der Waals surface area contributed by atoms with Gasteiger partial charge in [-0.25, -0.2) is 0 Å². The van der Waals surface area contributed by atoms with Crippen molar-refractivity contribution in [3.63, 3.8) is 0 Å². The molecule has 1 rings (SSSR count). The van der Waals surface area contributed by atoms with Gasteiger partial charge in [-0.05, 0) is 31.8 Å². The van der Waals surface area contributed by atoms with Gasteiger partial charge in [0.05, 0.1) is 0 Å². The monoisotopic (exact) mass is 176 g/mol. The summed E-state index contributed by atoms with van der Waals surface area (Å²) in [6, 6.07) is 0. The molecule has 0 radical (unpaired) electrons. The normalized spacial score (nSPS) is 23.1. The molecule has 0 amide bonds. The van der Waals surface area contributed by atoms with Crippen molar-refractivity contribution in [3.8, 4) is 0 Å². The Bertz CT molecular complexity index is 264. The van der Waals surface area contributed by atoms with E-state index in [-0.39, 0.29) is 0 Å². The van der Waals surface area contributed by atoms with Crippen LogP contribution in [-0.4, -0.2) is 0 Å². The summed E-state index contributed by atoms with van der Waals surface area (Å²) in [7, 11) is 0. The number of allylic oxidation sites excluding steroid dienone is 6. The summed E-state index contributed by atoms with van der Waals surface area (Å²) < 4.78 is 0. The number of hydrogen-bond donors (Lipinski definition) is 0. The Labute approximate surface area is 82.0 Å². The number of rotatable bonds is 2. The van der Waals surface area contributed by atoms with Gasteiger partial charge < -0.3 is 0 Å². The summed E-state index contributed by atoms with van der Waals surface area (Å²) in [5.74, 6) is 0.608. The summed E-state index contributed by atoms with van der Waals surface area (Å²) in [6.45, 7) is 8.95. The molecule has 1 atom stereocenters.